The molecule has 0 aliphatic heterocycles. The predicted octanol–water partition coefficient (Wildman–Crippen LogP) is 2.58. The van der Waals surface area contributed by atoms with Crippen molar-refractivity contribution < 1.29 is 4.39 Å². The Hall–Kier alpha value is -3.09. The molecule has 4 aromatic rings. The third-order valence-electron chi connectivity index (χ3n) is 3.56. The molecule has 4 rings (SSSR count). The largest absolute Gasteiger partial charge is 0.253 e. The van der Waals surface area contributed by atoms with Gasteiger partial charge in [0.25, 0.3) is 0 Å². The van der Waals surface area contributed by atoms with Crippen molar-refractivity contribution in [3.63, 3.8) is 0 Å². The number of nitrogens with zero attached hydrogens (tertiary/aromatic N) is 5. The molecule has 0 aliphatic carbocycles. The molecule has 0 atom stereocenters. The molecule has 6 nitrogen and oxygen atoms in total. The van der Waals surface area contributed by atoms with Crippen LogP contribution in [0, 0.1) is 12.7 Å². The lowest BCUT2D eigenvalue weighted by Crippen LogP contribution is -2.00. The zero-order valence-corrected chi connectivity index (χ0v) is 12.4. The number of nitrogens with one attached hydrogen (secondary N) is 1. The van der Waals surface area contributed by atoms with Gasteiger partial charge in [-0.05, 0) is 36.8 Å². The average Bonchev–Trinajstić information content (AvgIpc) is 3.12. The summed E-state index contributed by atoms with van der Waals surface area (Å²) in [4.78, 5) is 8.73. The fourth-order valence-electron chi connectivity index (χ4n) is 2.56. The van der Waals surface area contributed by atoms with Crippen molar-refractivity contribution in [1.82, 2.24) is 29.9 Å². The van der Waals surface area contributed by atoms with Gasteiger partial charge in [0.2, 0.25) is 5.95 Å². The van der Waals surface area contributed by atoms with E-state index in [1.165, 1.54) is 12.1 Å². The van der Waals surface area contributed by atoms with E-state index in [1.54, 1.807) is 23.9 Å². The van der Waals surface area contributed by atoms with Crippen molar-refractivity contribution in [2.45, 2.75) is 13.3 Å². The van der Waals surface area contributed by atoms with Gasteiger partial charge in [-0.3, -0.25) is 4.98 Å². The summed E-state index contributed by atoms with van der Waals surface area (Å²) < 4.78 is 15.1. The maximum Gasteiger partial charge on any atom is 0.247 e. The van der Waals surface area contributed by atoms with Crippen LogP contribution in [0.1, 0.15) is 17.1 Å². The normalized spacial score (nSPS) is 11.2. The highest BCUT2D eigenvalue weighted by molar-refractivity contribution is 5.79. The van der Waals surface area contributed by atoms with Crippen LogP contribution in [0.4, 0.5) is 4.39 Å². The Labute approximate surface area is 131 Å². The van der Waals surface area contributed by atoms with Crippen LogP contribution >= 0.6 is 0 Å². The van der Waals surface area contributed by atoms with Gasteiger partial charge in [0.15, 0.2) is 0 Å². The van der Waals surface area contributed by atoms with Crippen LogP contribution in [0.5, 0.6) is 0 Å². The highest BCUT2D eigenvalue weighted by Gasteiger charge is 2.15. The summed E-state index contributed by atoms with van der Waals surface area (Å²) in [5, 5.41) is 11.5. The summed E-state index contributed by atoms with van der Waals surface area (Å²) in [5.74, 6) is 0.912. The highest BCUT2D eigenvalue weighted by atomic mass is 19.1. The second-order valence-electron chi connectivity index (χ2n) is 5.24. The topological polar surface area (TPSA) is 72.3 Å². The Morgan fingerprint density at radius 3 is 2.91 bits per heavy atom. The fourth-order valence-corrected chi connectivity index (χ4v) is 2.56. The number of aromatic amines is 1. The Morgan fingerprint density at radius 1 is 1.22 bits per heavy atom. The monoisotopic (exact) mass is 308 g/mol. The van der Waals surface area contributed by atoms with Crippen LogP contribution < -0.4 is 0 Å². The molecule has 1 N–H and O–H groups in total. The summed E-state index contributed by atoms with van der Waals surface area (Å²) in [6.07, 6.45) is 2.21. The minimum absolute atomic E-state index is 0.259. The number of hydrogen-bond donors (Lipinski definition) is 1. The number of rotatable bonds is 3. The molecule has 0 radical (unpaired) electrons. The van der Waals surface area contributed by atoms with E-state index in [2.05, 4.69) is 25.3 Å². The molecule has 0 bridgehead atoms. The Morgan fingerprint density at radius 2 is 2.13 bits per heavy atom. The summed E-state index contributed by atoms with van der Waals surface area (Å²) in [6, 6.07) is 10.3. The maximum atomic E-state index is 13.4. The third-order valence-corrected chi connectivity index (χ3v) is 3.56. The zero-order chi connectivity index (χ0) is 15.8. The van der Waals surface area contributed by atoms with E-state index in [0.717, 1.165) is 22.3 Å². The number of H-pyrrole nitrogens is 1. The second kappa shape index (κ2) is 5.28. The molecule has 7 heteroatoms. The van der Waals surface area contributed by atoms with Gasteiger partial charge in [0.1, 0.15) is 17.2 Å². The van der Waals surface area contributed by atoms with Crippen LogP contribution in [-0.4, -0.2) is 29.9 Å². The lowest BCUT2D eigenvalue weighted by molar-refractivity contribution is 0.626. The van der Waals surface area contributed by atoms with E-state index in [0.29, 0.717) is 18.2 Å². The van der Waals surface area contributed by atoms with E-state index in [1.807, 2.05) is 18.2 Å². The molecule has 3 heterocycles. The van der Waals surface area contributed by atoms with E-state index < -0.39 is 0 Å². The maximum absolute atomic E-state index is 13.4. The van der Waals surface area contributed by atoms with E-state index >= 15 is 0 Å². The second-order valence-corrected chi connectivity index (χ2v) is 5.24. The first-order chi connectivity index (χ1) is 11.2. The molecule has 114 valence electrons. The molecule has 0 saturated carbocycles. The molecule has 0 spiro atoms. The van der Waals surface area contributed by atoms with Gasteiger partial charge < -0.3 is 0 Å². The summed E-state index contributed by atoms with van der Waals surface area (Å²) in [5.41, 5.74) is 3.21. The Kier molecular flexibility index (Phi) is 3.11. The summed E-state index contributed by atoms with van der Waals surface area (Å²) >= 11 is 0. The van der Waals surface area contributed by atoms with Crippen LogP contribution in [0.3, 0.4) is 0 Å². The number of halogens is 1. The molecular weight excluding hydrogens is 295 g/mol. The van der Waals surface area contributed by atoms with Gasteiger partial charge in [0.05, 0.1) is 11.2 Å². The molecule has 0 saturated heterocycles. The summed E-state index contributed by atoms with van der Waals surface area (Å²) in [6.45, 7) is 1.80. The average molecular weight is 308 g/mol. The number of aromatic nitrogens is 6. The van der Waals surface area contributed by atoms with Crippen molar-refractivity contribution >= 4 is 11.0 Å². The molecule has 0 fully saturated rings. The van der Waals surface area contributed by atoms with Crippen LogP contribution in [-0.2, 0) is 6.42 Å². The van der Waals surface area contributed by atoms with Crippen LogP contribution in [0.25, 0.3) is 17.0 Å². The van der Waals surface area contributed by atoms with Crippen LogP contribution in [0.2, 0.25) is 0 Å². The molecule has 0 unspecified atom stereocenters. The number of hydrogen-bond acceptors (Lipinski definition) is 4. The van der Waals surface area contributed by atoms with Crippen molar-refractivity contribution in [2.75, 3.05) is 0 Å². The molecular formula is C16H13FN6. The van der Waals surface area contributed by atoms with Crippen molar-refractivity contribution in [3.05, 3.63) is 65.5 Å². The summed E-state index contributed by atoms with van der Waals surface area (Å²) in [7, 11) is 0. The van der Waals surface area contributed by atoms with Gasteiger partial charge in [0, 0.05) is 12.6 Å². The molecule has 1 aromatic carbocycles. The first-order valence-corrected chi connectivity index (χ1v) is 7.17. The van der Waals surface area contributed by atoms with E-state index in [4.69, 9.17) is 0 Å². The molecule has 3 aromatic heterocycles. The first kappa shape index (κ1) is 13.6. The zero-order valence-electron chi connectivity index (χ0n) is 12.4. The highest BCUT2D eigenvalue weighted by Crippen LogP contribution is 2.21. The lowest BCUT2D eigenvalue weighted by Gasteiger charge is -1.98. The lowest BCUT2D eigenvalue weighted by atomic mass is 10.1. The van der Waals surface area contributed by atoms with Crippen molar-refractivity contribution in [3.8, 4) is 5.95 Å². The van der Waals surface area contributed by atoms with Gasteiger partial charge >= 0.3 is 0 Å². The van der Waals surface area contributed by atoms with Crippen LogP contribution in [0.15, 0.2) is 42.6 Å². The minimum Gasteiger partial charge on any atom is -0.253 e. The van der Waals surface area contributed by atoms with E-state index in [-0.39, 0.29) is 5.82 Å². The predicted molar refractivity (Wildman–Crippen MR) is 82.7 cm³/mol. The number of benzene rings is 1. The number of aryl methyl sites for hydroxylation is 1. The first-order valence-electron chi connectivity index (χ1n) is 7.17. The molecule has 0 aliphatic rings. The van der Waals surface area contributed by atoms with Gasteiger partial charge in [-0.2, -0.15) is 19.9 Å². The van der Waals surface area contributed by atoms with Gasteiger partial charge in [-0.15, -0.1) is 0 Å². The quantitative estimate of drug-likeness (QED) is 0.631. The number of pyridine rings is 1. The third kappa shape index (κ3) is 2.46. The smallest absolute Gasteiger partial charge is 0.247 e. The van der Waals surface area contributed by atoms with Crippen molar-refractivity contribution in [1.29, 1.82) is 0 Å². The van der Waals surface area contributed by atoms with Crippen molar-refractivity contribution in [2.24, 2.45) is 0 Å². The standard InChI is InChI=1S/C16H13FN6/c1-10-19-16(21-20-10)23-14-6-3-7-18-15(14)13(22-23)9-11-4-2-5-12(17)8-11/h2-8H,9H2,1H3,(H,19,20,21). The molecule has 0 amide bonds. The SMILES string of the molecule is Cc1n[nH]c(-n2nc(Cc3cccc(F)c3)c3ncccc32)n1. The Bertz CT molecular complexity index is 987. The molecule has 23 heavy (non-hydrogen) atoms. The number of fused-ring (bicyclic) bond motifs is 1. The Balaban J connectivity index is 1.84. The minimum atomic E-state index is -0.259. The van der Waals surface area contributed by atoms with Gasteiger partial charge in [-0.1, -0.05) is 12.1 Å². The van der Waals surface area contributed by atoms with E-state index in [9.17, 15) is 4.39 Å². The van der Waals surface area contributed by atoms with Gasteiger partial charge in [-0.25, -0.2) is 9.49 Å². The fraction of sp³-hybridized carbons (Fsp3) is 0.125.